The number of hydrazone groups is 1. The summed E-state index contributed by atoms with van der Waals surface area (Å²) in [6.45, 7) is 2.30. The van der Waals surface area contributed by atoms with Gasteiger partial charge in [0.15, 0.2) is 0 Å². The molecule has 6 heteroatoms. The third kappa shape index (κ3) is 2.16. The second kappa shape index (κ2) is 4.87. The Balaban J connectivity index is 2.11. The Morgan fingerprint density at radius 2 is 2.19 bits per heavy atom. The van der Waals surface area contributed by atoms with Gasteiger partial charge in [-0.1, -0.05) is 12.1 Å². The standard InChI is InChI=1S/C15H16N2O4/c1-15-7-8-21-13(18)10-5-3-4-6-12(10)17(15)16-11(9-15)14(19)20-2/h3-6H,7-9H2,1-2H3/t15-/m0/s1. The lowest BCUT2D eigenvalue weighted by molar-refractivity contribution is -0.132. The van der Waals surface area contributed by atoms with Gasteiger partial charge in [-0.2, -0.15) is 5.10 Å². The van der Waals surface area contributed by atoms with Crippen molar-refractivity contribution < 1.29 is 19.1 Å². The quantitative estimate of drug-likeness (QED) is 0.736. The van der Waals surface area contributed by atoms with Gasteiger partial charge in [0.05, 0.1) is 30.5 Å². The van der Waals surface area contributed by atoms with Crippen molar-refractivity contribution in [2.24, 2.45) is 5.10 Å². The van der Waals surface area contributed by atoms with E-state index in [1.165, 1.54) is 7.11 Å². The lowest BCUT2D eigenvalue weighted by Crippen LogP contribution is -2.43. The molecule has 0 aromatic heterocycles. The molecule has 0 bridgehead atoms. The van der Waals surface area contributed by atoms with Crippen molar-refractivity contribution in [1.82, 2.24) is 0 Å². The van der Waals surface area contributed by atoms with E-state index in [1.54, 1.807) is 17.1 Å². The molecule has 0 N–H and O–H groups in total. The molecule has 0 unspecified atom stereocenters. The number of nitrogens with zero attached hydrogens (tertiary/aromatic N) is 2. The molecule has 1 atom stereocenters. The fourth-order valence-electron chi connectivity index (χ4n) is 2.75. The predicted octanol–water partition coefficient (Wildman–Crippen LogP) is 1.74. The summed E-state index contributed by atoms with van der Waals surface area (Å²) in [7, 11) is 1.34. The van der Waals surface area contributed by atoms with Crippen LogP contribution in [-0.2, 0) is 14.3 Å². The third-order valence-corrected chi connectivity index (χ3v) is 3.93. The molecule has 1 aromatic rings. The fourth-order valence-corrected chi connectivity index (χ4v) is 2.75. The van der Waals surface area contributed by atoms with E-state index < -0.39 is 11.5 Å². The number of para-hydroxylation sites is 1. The van der Waals surface area contributed by atoms with Crippen LogP contribution in [0.25, 0.3) is 0 Å². The Morgan fingerprint density at radius 1 is 1.43 bits per heavy atom. The number of carbonyl (C=O) groups excluding carboxylic acids is 2. The summed E-state index contributed by atoms with van der Waals surface area (Å²) in [4.78, 5) is 23.8. The van der Waals surface area contributed by atoms with Crippen LogP contribution in [-0.4, -0.2) is 36.9 Å². The summed E-state index contributed by atoms with van der Waals surface area (Å²) in [6.07, 6.45) is 1.06. The number of methoxy groups -OCH3 is 1. The monoisotopic (exact) mass is 288 g/mol. The number of carbonyl (C=O) groups is 2. The molecular weight excluding hydrogens is 272 g/mol. The minimum Gasteiger partial charge on any atom is -0.464 e. The fraction of sp³-hybridized carbons (Fsp3) is 0.400. The number of cyclic esters (lactones) is 1. The predicted molar refractivity (Wildman–Crippen MR) is 76.3 cm³/mol. The second-order valence-corrected chi connectivity index (χ2v) is 5.43. The highest BCUT2D eigenvalue weighted by molar-refractivity contribution is 6.37. The van der Waals surface area contributed by atoms with Crippen LogP contribution >= 0.6 is 0 Å². The summed E-state index contributed by atoms with van der Waals surface area (Å²) in [5, 5.41) is 6.16. The van der Waals surface area contributed by atoms with Crippen LogP contribution in [0.1, 0.15) is 30.1 Å². The van der Waals surface area contributed by atoms with Crippen molar-refractivity contribution in [3.8, 4) is 0 Å². The zero-order chi connectivity index (χ0) is 15.0. The van der Waals surface area contributed by atoms with Crippen molar-refractivity contribution in [2.75, 3.05) is 18.7 Å². The lowest BCUT2D eigenvalue weighted by Gasteiger charge is -2.36. The average Bonchev–Trinajstić information content (AvgIpc) is 2.82. The SMILES string of the molecule is COC(=O)C1=NN2c3ccccc3C(=O)OCC[C@@]2(C)C1. The minimum absolute atomic E-state index is 0.296. The molecule has 0 spiro atoms. The van der Waals surface area contributed by atoms with Crippen molar-refractivity contribution in [3.63, 3.8) is 0 Å². The molecule has 0 fully saturated rings. The van der Waals surface area contributed by atoms with E-state index in [-0.39, 0.29) is 5.97 Å². The first-order valence-electron chi connectivity index (χ1n) is 6.77. The number of anilines is 1. The highest BCUT2D eigenvalue weighted by atomic mass is 16.5. The maximum absolute atomic E-state index is 12.0. The Morgan fingerprint density at radius 3 is 2.95 bits per heavy atom. The van der Waals surface area contributed by atoms with Gasteiger partial charge in [0, 0.05) is 12.8 Å². The molecule has 0 saturated heterocycles. The first kappa shape index (κ1) is 13.6. The first-order chi connectivity index (χ1) is 10.0. The van der Waals surface area contributed by atoms with Crippen molar-refractivity contribution >= 4 is 23.3 Å². The van der Waals surface area contributed by atoms with Crippen LogP contribution in [0, 0.1) is 0 Å². The topological polar surface area (TPSA) is 68.2 Å². The average molecular weight is 288 g/mol. The molecule has 0 saturated carbocycles. The first-order valence-corrected chi connectivity index (χ1v) is 6.77. The highest BCUT2D eigenvalue weighted by Crippen LogP contribution is 2.38. The zero-order valence-corrected chi connectivity index (χ0v) is 12.0. The van der Waals surface area contributed by atoms with Crippen LogP contribution in [0.5, 0.6) is 0 Å². The molecule has 110 valence electrons. The number of rotatable bonds is 1. The van der Waals surface area contributed by atoms with Gasteiger partial charge in [-0.05, 0) is 19.1 Å². The number of hydrogen-bond acceptors (Lipinski definition) is 6. The largest absolute Gasteiger partial charge is 0.464 e. The summed E-state index contributed by atoms with van der Waals surface area (Å²) in [5.74, 6) is -0.804. The Hall–Kier alpha value is -2.37. The molecule has 0 aliphatic carbocycles. The van der Waals surface area contributed by atoms with Crippen molar-refractivity contribution in [3.05, 3.63) is 29.8 Å². The van der Waals surface area contributed by atoms with E-state index >= 15 is 0 Å². The maximum Gasteiger partial charge on any atom is 0.354 e. The maximum atomic E-state index is 12.0. The molecule has 0 radical (unpaired) electrons. The summed E-state index contributed by atoms with van der Waals surface area (Å²) >= 11 is 0. The second-order valence-electron chi connectivity index (χ2n) is 5.43. The molecule has 2 aliphatic heterocycles. The molecule has 0 amide bonds. The number of ether oxygens (including phenoxy) is 2. The van der Waals surface area contributed by atoms with Gasteiger partial charge < -0.3 is 9.47 Å². The number of esters is 2. The summed E-state index contributed by atoms with van der Waals surface area (Å²) < 4.78 is 10.0. The van der Waals surface area contributed by atoms with E-state index in [2.05, 4.69) is 5.10 Å². The number of benzene rings is 1. The Bertz CT molecular complexity index is 640. The van der Waals surface area contributed by atoms with Crippen molar-refractivity contribution in [2.45, 2.75) is 25.3 Å². The number of hydrogen-bond donors (Lipinski definition) is 0. The van der Waals surface area contributed by atoms with Gasteiger partial charge >= 0.3 is 11.9 Å². The Kier molecular flexibility index (Phi) is 3.16. The summed E-state index contributed by atoms with van der Waals surface area (Å²) in [5.41, 5.74) is 1.08. The van der Waals surface area contributed by atoms with Gasteiger partial charge in [-0.15, -0.1) is 0 Å². The zero-order valence-electron chi connectivity index (χ0n) is 12.0. The number of fused-ring (bicyclic) bond motifs is 3. The van der Waals surface area contributed by atoms with Gasteiger partial charge in [0.2, 0.25) is 0 Å². The van der Waals surface area contributed by atoms with Gasteiger partial charge in [0.25, 0.3) is 0 Å². The minimum atomic E-state index is -0.437. The molecule has 2 heterocycles. The van der Waals surface area contributed by atoms with Crippen LogP contribution < -0.4 is 5.01 Å². The molecule has 3 rings (SSSR count). The van der Waals surface area contributed by atoms with Crippen LogP contribution in [0.2, 0.25) is 0 Å². The lowest BCUT2D eigenvalue weighted by atomic mass is 9.90. The Labute approximate surface area is 122 Å². The van der Waals surface area contributed by atoms with E-state index in [4.69, 9.17) is 9.47 Å². The smallest absolute Gasteiger partial charge is 0.354 e. The van der Waals surface area contributed by atoms with Crippen LogP contribution in [0.4, 0.5) is 5.69 Å². The normalized spacial score (nSPS) is 24.2. The molecule has 21 heavy (non-hydrogen) atoms. The van der Waals surface area contributed by atoms with Crippen LogP contribution in [0.15, 0.2) is 29.4 Å². The molecule has 6 nitrogen and oxygen atoms in total. The molecular formula is C15H16N2O4. The molecule has 2 aliphatic rings. The van der Waals surface area contributed by atoms with Gasteiger partial charge in [-0.3, -0.25) is 5.01 Å². The highest BCUT2D eigenvalue weighted by Gasteiger charge is 2.44. The van der Waals surface area contributed by atoms with E-state index in [9.17, 15) is 9.59 Å². The molecule has 1 aromatic carbocycles. The van der Waals surface area contributed by atoms with Crippen LogP contribution in [0.3, 0.4) is 0 Å². The van der Waals surface area contributed by atoms with Crippen molar-refractivity contribution in [1.29, 1.82) is 0 Å². The van der Waals surface area contributed by atoms with Gasteiger partial charge in [-0.25, -0.2) is 9.59 Å². The van der Waals surface area contributed by atoms with E-state index in [0.29, 0.717) is 36.4 Å². The summed E-state index contributed by atoms with van der Waals surface area (Å²) in [6, 6.07) is 7.12. The van der Waals surface area contributed by atoms with E-state index in [0.717, 1.165) is 0 Å². The third-order valence-electron chi connectivity index (χ3n) is 3.93. The van der Waals surface area contributed by atoms with Gasteiger partial charge in [0.1, 0.15) is 5.71 Å². The van der Waals surface area contributed by atoms with E-state index in [1.807, 2.05) is 19.1 Å².